The Morgan fingerprint density at radius 3 is 2.67 bits per heavy atom. The molecule has 0 saturated carbocycles. The van der Waals surface area contributed by atoms with E-state index in [-0.39, 0.29) is 16.0 Å². The van der Waals surface area contributed by atoms with E-state index in [0.29, 0.717) is 12.2 Å². The SMILES string of the molecule is Cc1ccc([N+](=O)[O-])c(NCc2cnc(C(C)(C)C)s2)c1. The molecule has 0 aliphatic heterocycles. The Hall–Kier alpha value is -1.95. The average Bonchev–Trinajstić information content (AvgIpc) is 2.84. The van der Waals surface area contributed by atoms with Gasteiger partial charge in [-0.05, 0) is 18.6 Å². The molecular weight excluding hydrogens is 286 g/mol. The fraction of sp³-hybridized carbons (Fsp3) is 0.400. The van der Waals surface area contributed by atoms with Crippen molar-refractivity contribution in [3.8, 4) is 0 Å². The van der Waals surface area contributed by atoms with Gasteiger partial charge in [-0.2, -0.15) is 0 Å². The third-order valence-electron chi connectivity index (χ3n) is 3.00. The minimum absolute atomic E-state index is 0.0260. The summed E-state index contributed by atoms with van der Waals surface area (Å²) in [7, 11) is 0. The summed E-state index contributed by atoms with van der Waals surface area (Å²) in [6.07, 6.45) is 1.83. The summed E-state index contributed by atoms with van der Waals surface area (Å²) in [6, 6.07) is 5.07. The van der Waals surface area contributed by atoms with Crippen LogP contribution in [-0.2, 0) is 12.0 Å². The number of aryl methyl sites for hydroxylation is 1. The second-order valence-corrected chi connectivity index (χ2v) is 7.13. The molecule has 0 aliphatic carbocycles. The monoisotopic (exact) mass is 305 g/mol. The number of rotatable bonds is 4. The van der Waals surface area contributed by atoms with Crippen LogP contribution in [0.4, 0.5) is 11.4 Å². The molecule has 1 N–H and O–H groups in total. The van der Waals surface area contributed by atoms with E-state index in [4.69, 9.17) is 0 Å². The third-order valence-corrected chi connectivity index (χ3v) is 4.42. The highest BCUT2D eigenvalue weighted by atomic mass is 32.1. The van der Waals surface area contributed by atoms with Crippen molar-refractivity contribution in [1.82, 2.24) is 4.98 Å². The van der Waals surface area contributed by atoms with Gasteiger partial charge in [0.05, 0.1) is 16.5 Å². The van der Waals surface area contributed by atoms with E-state index in [9.17, 15) is 10.1 Å². The van der Waals surface area contributed by atoms with Crippen molar-refractivity contribution in [3.63, 3.8) is 0 Å². The number of nitro benzene ring substituents is 1. The van der Waals surface area contributed by atoms with Gasteiger partial charge < -0.3 is 5.32 Å². The predicted octanol–water partition coefficient (Wildman–Crippen LogP) is 4.27. The lowest BCUT2D eigenvalue weighted by atomic mass is 9.98. The molecule has 6 heteroatoms. The van der Waals surface area contributed by atoms with E-state index in [2.05, 4.69) is 31.1 Å². The van der Waals surface area contributed by atoms with Gasteiger partial charge in [-0.1, -0.05) is 26.8 Å². The Morgan fingerprint density at radius 2 is 2.10 bits per heavy atom. The van der Waals surface area contributed by atoms with E-state index in [1.807, 2.05) is 13.1 Å². The minimum atomic E-state index is -0.366. The van der Waals surface area contributed by atoms with Gasteiger partial charge in [0.15, 0.2) is 0 Å². The molecule has 0 bridgehead atoms. The molecular formula is C15H19N3O2S. The zero-order valence-electron chi connectivity index (χ0n) is 12.6. The number of hydrogen-bond donors (Lipinski definition) is 1. The topological polar surface area (TPSA) is 68.1 Å². The molecule has 0 unspecified atom stereocenters. The molecule has 1 heterocycles. The van der Waals surface area contributed by atoms with Crippen LogP contribution in [0, 0.1) is 17.0 Å². The standard InChI is InChI=1S/C15H19N3O2S/c1-10-5-6-13(18(19)20)12(7-10)16-8-11-9-17-14(21-11)15(2,3)4/h5-7,9,16H,8H2,1-4H3. The van der Waals surface area contributed by atoms with Crippen molar-refractivity contribution in [2.24, 2.45) is 0 Å². The molecule has 0 atom stereocenters. The Morgan fingerprint density at radius 1 is 1.38 bits per heavy atom. The summed E-state index contributed by atoms with van der Waals surface area (Å²) >= 11 is 1.63. The number of nitrogens with one attached hydrogen (secondary N) is 1. The van der Waals surface area contributed by atoms with Crippen LogP contribution in [0.5, 0.6) is 0 Å². The van der Waals surface area contributed by atoms with Crippen LogP contribution in [0.2, 0.25) is 0 Å². The van der Waals surface area contributed by atoms with Gasteiger partial charge in [0.2, 0.25) is 0 Å². The summed E-state index contributed by atoms with van der Waals surface area (Å²) in [5.74, 6) is 0. The number of aromatic nitrogens is 1. The van der Waals surface area contributed by atoms with E-state index in [1.165, 1.54) is 6.07 Å². The quantitative estimate of drug-likeness (QED) is 0.676. The Balaban J connectivity index is 2.15. The lowest BCUT2D eigenvalue weighted by molar-refractivity contribution is -0.384. The van der Waals surface area contributed by atoms with Gasteiger partial charge in [-0.15, -0.1) is 11.3 Å². The highest BCUT2D eigenvalue weighted by molar-refractivity contribution is 7.11. The Bertz CT molecular complexity index is 659. The lowest BCUT2D eigenvalue weighted by Crippen LogP contribution is -2.09. The smallest absolute Gasteiger partial charge is 0.292 e. The molecule has 1 aromatic carbocycles. The first-order chi connectivity index (χ1) is 9.77. The third kappa shape index (κ3) is 3.78. The van der Waals surface area contributed by atoms with Gasteiger partial charge in [0, 0.05) is 22.6 Å². The van der Waals surface area contributed by atoms with Crippen molar-refractivity contribution in [2.75, 3.05) is 5.32 Å². The minimum Gasteiger partial charge on any atom is -0.375 e. The lowest BCUT2D eigenvalue weighted by Gasteiger charge is -2.13. The molecule has 0 fully saturated rings. The van der Waals surface area contributed by atoms with Gasteiger partial charge >= 0.3 is 0 Å². The number of benzene rings is 1. The average molecular weight is 305 g/mol. The number of thiazole rings is 1. The van der Waals surface area contributed by atoms with Crippen LogP contribution in [0.15, 0.2) is 24.4 Å². The van der Waals surface area contributed by atoms with Gasteiger partial charge in [0.25, 0.3) is 5.69 Å². The maximum absolute atomic E-state index is 11.0. The molecule has 0 aliphatic rings. The number of anilines is 1. The molecule has 0 amide bonds. The summed E-state index contributed by atoms with van der Waals surface area (Å²) < 4.78 is 0. The molecule has 21 heavy (non-hydrogen) atoms. The molecule has 5 nitrogen and oxygen atoms in total. The van der Waals surface area contributed by atoms with E-state index in [0.717, 1.165) is 15.4 Å². The van der Waals surface area contributed by atoms with Gasteiger partial charge in [-0.25, -0.2) is 4.98 Å². The van der Waals surface area contributed by atoms with Crippen molar-refractivity contribution in [2.45, 2.75) is 39.7 Å². The highest BCUT2D eigenvalue weighted by Gasteiger charge is 2.18. The molecule has 1 aromatic heterocycles. The zero-order chi connectivity index (χ0) is 15.6. The van der Waals surface area contributed by atoms with Crippen LogP contribution in [0.25, 0.3) is 0 Å². The van der Waals surface area contributed by atoms with Crippen molar-refractivity contribution in [3.05, 3.63) is 50.0 Å². The summed E-state index contributed by atoms with van der Waals surface area (Å²) in [4.78, 5) is 16.2. The second kappa shape index (κ2) is 5.81. The molecule has 0 radical (unpaired) electrons. The molecule has 112 valence electrons. The second-order valence-electron chi connectivity index (χ2n) is 6.01. The molecule has 0 saturated heterocycles. The molecule has 0 spiro atoms. The summed E-state index contributed by atoms with van der Waals surface area (Å²) in [6.45, 7) is 8.81. The van der Waals surface area contributed by atoms with Crippen molar-refractivity contribution < 1.29 is 4.92 Å². The summed E-state index contributed by atoms with van der Waals surface area (Å²) in [5.41, 5.74) is 1.66. The van der Waals surface area contributed by atoms with Crippen LogP contribution in [0.1, 0.15) is 36.2 Å². The van der Waals surface area contributed by atoms with Crippen molar-refractivity contribution in [1.29, 1.82) is 0 Å². The van der Waals surface area contributed by atoms with Gasteiger partial charge in [-0.3, -0.25) is 10.1 Å². The van der Waals surface area contributed by atoms with Crippen LogP contribution in [-0.4, -0.2) is 9.91 Å². The van der Waals surface area contributed by atoms with Crippen LogP contribution in [0.3, 0.4) is 0 Å². The van der Waals surface area contributed by atoms with Crippen molar-refractivity contribution >= 4 is 22.7 Å². The molecule has 2 aromatic rings. The molecule has 2 rings (SSSR count). The summed E-state index contributed by atoms with van der Waals surface area (Å²) in [5, 5.41) is 15.2. The normalized spacial score (nSPS) is 11.4. The number of hydrogen-bond acceptors (Lipinski definition) is 5. The predicted molar refractivity (Wildman–Crippen MR) is 86.0 cm³/mol. The number of nitrogens with zero attached hydrogens (tertiary/aromatic N) is 2. The first kappa shape index (κ1) is 15.4. The zero-order valence-corrected chi connectivity index (χ0v) is 13.5. The fourth-order valence-corrected chi connectivity index (χ4v) is 2.78. The highest BCUT2D eigenvalue weighted by Crippen LogP contribution is 2.29. The first-order valence-corrected chi connectivity index (χ1v) is 7.53. The van der Waals surface area contributed by atoms with Gasteiger partial charge in [0.1, 0.15) is 5.69 Å². The van der Waals surface area contributed by atoms with E-state index >= 15 is 0 Å². The maximum Gasteiger partial charge on any atom is 0.292 e. The Labute approximate surface area is 128 Å². The Kier molecular flexibility index (Phi) is 4.27. The van der Waals surface area contributed by atoms with Crippen LogP contribution >= 0.6 is 11.3 Å². The maximum atomic E-state index is 11.0. The number of nitro groups is 1. The first-order valence-electron chi connectivity index (χ1n) is 6.71. The van der Waals surface area contributed by atoms with E-state index < -0.39 is 0 Å². The fourth-order valence-electron chi connectivity index (χ4n) is 1.87. The largest absolute Gasteiger partial charge is 0.375 e. The van der Waals surface area contributed by atoms with E-state index in [1.54, 1.807) is 23.5 Å². The van der Waals surface area contributed by atoms with Crippen LogP contribution < -0.4 is 5.32 Å².